The van der Waals surface area contributed by atoms with Gasteiger partial charge in [-0.25, -0.2) is 4.68 Å². The molecule has 0 spiro atoms. The molecule has 0 aliphatic heterocycles. The zero-order chi connectivity index (χ0) is 13.3. The third-order valence-corrected chi connectivity index (χ3v) is 2.36. The van der Waals surface area contributed by atoms with Crippen LogP contribution in [-0.2, 0) is 6.18 Å². The van der Waals surface area contributed by atoms with Gasteiger partial charge in [-0.3, -0.25) is 0 Å². The Morgan fingerprint density at radius 1 is 1.11 bits per heavy atom. The van der Waals surface area contributed by atoms with Crippen molar-refractivity contribution in [2.75, 3.05) is 0 Å². The molecule has 2 N–H and O–H groups in total. The lowest BCUT2D eigenvalue weighted by atomic mass is 9.83. The minimum atomic E-state index is -4.38. The molecular weight excluding hydrogens is 248 g/mol. The Kier molecular flexibility index (Phi) is 3.14. The van der Waals surface area contributed by atoms with E-state index in [-0.39, 0.29) is 5.46 Å². The van der Waals surface area contributed by atoms with Crippen LogP contribution in [0.5, 0.6) is 0 Å². The summed E-state index contributed by atoms with van der Waals surface area (Å²) in [7, 11) is -1.66. The van der Waals surface area contributed by atoms with Gasteiger partial charge >= 0.3 is 13.3 Å². The molecule has 4 nitrogen and oxygen atoms in total. The molecule has 1 aromatic carbocycles. The summed E-state index contributed by atoms with van der Waals surface area (Å²) >= 11 is 0. The number of hydrogen-bond acceptors (Lipinski definition) is 3. The Bertz CT molecular complexity index is 537. The maximum absolute atomic E-state index is 12.3. The van der Waals surface area contributed by atoms with E-state index in [0.29, 0.717) is 5.69 Å². The van der Waals surface area contributed by atoms with Crippen LogP contribution >= 0.6 is 0 Å². The fourth-order valence-electron chi connectivity index (χ4n) is 1.41. The van der Waals surface area contributed by atoms with Crippen LogP contribution in [0.15, 0.2) is 36.7 Å². The summed E-state index contributed by atoms with van der Waals surface area (Å²) in [6, 6.07) is 4.38. The number of benzene rings is 1. The second-order valence-corrected chi connectivity index (χ2v) is 3.64. The summed E-state index contributed by atoms with van der Waals surface area (Å²) in [5.41, 5.74) is -0.189. The lowest BCUT2D eigenvalue weighted by molar-refractivity contribution is -0.137. The molecule has 0 atom stereocenters. The minimum absolute atomic E-state index is 0.162. The van der Waals surface area contributed by atoms with E-state index in [1.165, 1.54) is 29.2 Å². The topological polar surface area (TPSA) is 58.3 Å². The van der Waals surface area contributed by atoms with Crippen LogP contribution in [-0.4, -0.2) is 26.9 Å². The third-order valence-electron chi connectivity index (χ3n) is 2.36. The van der Waals surface area contributed by atoms with E-state index in [0.717, 1.165) is 12.1 Å². The van der Waals surface area contributed by atoms with Gasteiger partial charge in [-0.2, -0.15) is 18.3 Å². The molecular formula is C10H8BF3N2O2. The van der Waals surface area contributed by atoms with Gasteiger partial charge in [0.1, 0.15) is 0 Å². The molecule has 0 radical (unpaired) electrons. The van der Waals surface area contributed by atoms with E-state index < -0.39 is 18.9 Å². The molecule has 8 heteroatoms. The number of nitrogens with zero attached hydrogens (tertiary/aromatic N) is 2. The van der Waals surface area contributed by atoms with Gasteiger partial charge in [-0.15, -0.1) is 0 Å². The second kappa shape index (κ2) is 4.47. The number of hydrogen-bond donors (Lipinski definition) is 2. The van der Waals surface area contributed by atoms with Crippen LogP contribution in [0, 0.1) is 0 Å². The highest BCUT2D eigenvalue weighted by atomic mass is 19.4. The highest BCUT2D eigenvalue weighted by Crippen LogP contribution is 2.29. The molecule has 18 heavy (non-hydrogen) atoms. The molecule has 0 unspecified atom stereocenters. The molecule has 2 aromatic rings. The molecule has 1 aromatic heterocycles. The van der Waals surface area contributed by atoms with Gasteiger partial charge in [0.2, 0.25) is 0 Å². The molecule has 0 bridgehead atoms. The smallest absolute Gasteiger partial charge is 0.423 e. The molecule has 0 aliphatic rings. The maximum atomic E-state index is 12.3. The number of halogens is 3. The van der Waals surface area contributed by atoms with Crippen molar-refractivity contribution in [1.82, 2.24) is 9.78 Å². The number of aromatic nitrogens is 2. The molecule has 0 fully saturated rings. The van der Waals surface area contributed by atoms with Crippen molar-refractivity contribution < 1.29 is 23.2 Å². The van der Waals surface area contributed by atoms with Gasteiger partial charge in [0, 0.05) is 17.9 Å². The molecule has 0 amide bonds. The summed E-state index contributed by atoms with van der Waals surface area (Å²) in [5.74, 6) is 0. The van der Waals surface area contributed by atoms with Crippen molar-refractivity contribution >= 4 is 12.6 Å². The van der Waals surface area contributed by atoms with Gasteiger partial charge in [-0.1, -0.05) is 0 Å². The highest BCUT2D eigenvalue weighted by Gasteiger charge is 2.30. The number of alkyl halides is 3. The van der Waals surface area contributed by atoms with Gasteiger partial charge in [0.05, 0.1) is 11.3 Å². The van der Waals surface area contributed by atoms with Gasteiger partial charge < -0.3 is 10.0 Å². The monoisotopic (exact) mass is 256 g/mol. The first-order chi connectivity index (χ1) is 8.38. The Morgan fingerprint density at radius 3 is 2.17 bits per heavy atom. The van der Waals surface area contributed by atoms with E-state index >= 15 is 0 Å². The van der Waals surface area contributed by atoms with Crippen LogP contribution in [0.2, 0.25) is 0 Å². The first-order valence-electron chi connectivity index (χ1n) is 4.96. The predicted molar refractivity (Wildman–Crippen MR) is 58.4 cm³/mol. The van der Waals surface area contributed by atoms with Crippen LogP contribution in [0.4, 0.5) is 13.2 Å². The maximum Gasteiger partial charge on any atom is 0.491 e. The van der Waals surface area contributed by atoms with Crippen molar-refractivity contribution in [2.24, 2.45) is 0 Å². The summed E-state index contributed by atoms with van der Waals surface area (Å²) in [6.07, 6.45) is -1.83. The Morgan fingerprint density at radius 2 is 1.72 bits per heavy atom. The normalized spacial score (nSPS) is 11.6. The Labute approximate surface area is 100 Å². The van der Waals surface area contributed by atoms with E-state index in [1.54, 1.807) is 0 Å². The predicted octanol–water partition coefficient (Wildman–Crippen LogP) is 0.571. The van der Waals surface area contributed by atoms with Crippen molar-refractivity contribution in [3.05, 3.63) is 42.2 Å². The van der Waals surface area contributed by atoms with Crippen molar-refractivity contribution in [3.63, 3.8) is 0 Å². The van der Waals surface area contributed by atoms with Gasteiger partial charge in [0.15, 0.2) is 0 Å². The largest absolute Gasteiger partial charge is 0.491 e. The van der Waals surface area contributed by atoms with Crippen LogP contribution in [0.25, 0.3) is 5.69 Å². The standard InChI is InChI=1S/C10H8BF3N2O2/c12-10(13,14)7-1-3-9(4-2-7)16-6-8(5-15-16)11(17)18/h1-6,17-18H. The van der Waals surface area contributed by atoms with E-state index in [4.69, 9.17) is 10.0 Å². The first kappa shape index (κ1) is 12.7. The van der Waals surface area contributed by atoms with Crippen LogP contribution in [0.3, 0.4) is 0 Å². The first-order valence-corrected chi connectivity index (χ1v) is 4.96. The van der Waals surface area contributed by atoms with Gasteiger partial charge in [-0.05, 0) is 24.3 Å². The summed E-state index contributed by atoms with van der Waals surface area (Å²) in [4.78, 5) is 0. The lowest BCUT2D eigenvalue weighted by Crippen LogP contribution is -2.28. The second-order valence-electron chi connectivity index (χ2n) is 3.64. The average Bonchev–Trinajstić information content (AvgIpc) is 2.77. The van der Waals surface area contributed by atoms with E-state index in [1.807, 2.05) is 0 Å². The summed E-state index contributed by atoms with van der Waals surface area (Å²) < 4.78 is 38.3. The molecule has 0 aliphatic carbocycles. The highest BCUT2D eigenvalue weighted by molar-refractivity contribution is 6.58. The third kappa shape index (κ3) is 2.54. The average molecular weight is 256 g/mol. The number of rotatable bonds is 2. The Hall–Kier alpha value is -1.80. The molecule has 2 rings (SSSR count). The molecule has 1 heterocycles. The van der Waals surface area contributed by atoms with Crippen LogP contribution in [0.1, 0.15) is 5.56 Å². The summed E-state index contributed by atoms with van der Waals surface area (Å²) in [5, 5.41) is 21.6. The molecule has 94 valence electrons. The summed E-state index contributed by atoms with van der Waals surface area (Å²) in [6.45, 7) is 0. The fourth-order valence-corrected chi connectivity index (χ4v) is 1.41. The lowest BCUT2D eigenvalue weighted by Gasteiger charge is -2.07. The van der Waals surface area contributed by atoms with E-state index in [9.17, 15) is 13.2 Å². The molecule has 0 saturated heterocycles. The Balaban J connectivity index is 2.29. The van der Waals surface area contributed by atoms with Crippen LogP contribution < -0.4 is 5.46 Å². The molecule has 0 saturated carbocycles. The van der Waals surface area contributed by atoms with Crippen molar-refractivity contribution in [2.45, 2.75) is 6.18 Å². The van der Waals surface area contributed by atoms with Gasteiger partial charge in [0.25, 0.3) is 0 Å². The zero-order valence-electron chi connectivity index (χ0n) is 8.96. The zero-order valence-corrected chi connectivity index (χ0v) is 8.96. The van der Waals surface area contributed by atoms with Crippen molar-refractivity contribution in [1.29, 1.82) is 0 Å². The quantitative estimate of drug-likeness (QED) is 0.772. The van der Waals surface area contributed by atoms with E-state index in [2.05, 4.69) is 5.10 Å². The fraction of sp³-hybridized carbons (Fsp3) is 0.100. The SMILES string of the molecule is OB(O)c1cnn(-c2ccc(C(F)(F)F)cc2)c1. The van der Waals surface area contributed by atoms with Crippen molar-refractivity contribution in [3.8, 4) is 5.69 Å². The minimum Gasteiger partial charge on any atom is -0.423 e.